The Morgan fingerprint density at radius 1 is 1.53 bits per heavy atom. The van der Waals surface area contributed by atoms with Gasteiger partial charge in [-0.05, 0) is 13.0 Å². The molecular formula is C12H11ClN4O2. The van der Waals surface area contributed by atoms with Gasteiger partial charge in [-0.3, -0.25) is 10.5 Å². The molecule has 7 heteroatoms. The predicted molar refractivity (Wildman–Crippen MR) is 73.0 cm³/mol. The molecular weight excluding hydrogens is 268 g/mol. The van der Waals surface area contributed by atoms with E-state index in [0.717, 1.165) is 5.56 Å². The van der Waals surface area contributed by atoms with Gasteiger partial charge in [0.1, 0.15) is 5.56 Å². The van der Waals surface area contributed by atoms with Crippen LogP contribution in [0.3, 0.4) is 0 Å². The van der Waals surface area contributed by atoms with E-state index in [1.54, 1.807) is 19.1 Å². The van der Waals surface area contributed by atoms with Crippen LogP contribution in [0.4, 0.5) is 5.82 Å². The van der Waals surface area contributed by atoms with Gasteiger partial charge in [-0.1, -0.05) is 29.8 Å². The van der Waals surface area contributed by atoms with Crippen molar-refractivity contribution in [3.05, 3.63) is 46.1 Å². The molecule has 98 valence electrons. The summed E-state index contributed by atoms with van der Waals surface area (Å²) in [6.07, 6.45) is 1.50. The zero-order chi connectivity index (χ0) is 13.8. The molecule has 0 bridgehead atoms. The molecule has 2 aromatic rings. The normalized spacial score (nSPS) is 10.8. The van der Waals surface area contributed by atoms with Crippen LogP contribution in [0.2, 0.25) is 5.02 Å². The fraction of sp³-hybridized carbons (Fsp3) is 0.0833. The van der Waals surface area contributed by atoms with E-state index in [1.165, 1.54) is 6.21 Å². The first-order valence-corrected chi connectivity index (χ1v) is 5.79. The summed E-state index contributed by atoms with van der Waals surface area (Å²) in [6.45, 7) is 1.62. The van der Waals surface area contributed by atoms with Crippen LogP contribution in [0.5, 0.6) is 0 Å². The molecule has 0 saturated carbocycles. The Morgan fingerprint density at radius 3 is 2.95 bits per heavy atom. The van der Waals surface area contributed by atoms with Crippen molar-refractivity contribution in [1.29, 1.82) is 0 Å². The highest BCUT2D eigenvalue weighted by molar-refractivity contribution is 6.33. The monoisotopic (exact) mass is 278 g/mol. The van der Waals surface area contributed by atoms with Crippen molar-refractivity contribution in [2.75, 3.05) is 5.43 Å². The number of hydrogen-bond acceptors (Lipinski definition) is 4. The molecule has 0 fully saturated rings. The number of halogens is 1. The van der Waals surface area contributed by atoms with E-state index in [2.05, 4.69) is 20.7 Å². The molecule has 0 aliphatic heterocycles. The number of aromatic carboxylic acids is 1. The third-order valence-electron chi connectivity index (χ3n) is 2.44. The zero-order valence-electron chi connectivity index (χ0n) is 10.0. The van der Waals surface area contributed by atoms with E-state index in [0.29, 0.717) is 10.7 Å². The number of carbonyl (C=O) groups is 1. The van der Waals surface area contributed by atoms with Crippen LogP contribution >= 0.6 is 11.6 Å². The SMILES string of the molecule is Cc1[nH]nc(NN=Cc2ccccc2Cl)c1C(=O)O. The van der Waals surface area contributed by atoms with E-state index in [9.17, 15) is 4.79 Å². The van der Waals surface area contributed by atoms with E-state index in [-0.39, 0.29) is 11.4 Å². The maximum Gasteiger partial charge on any atom is 0.341 e. The number of nitrogens with zero attached hydrogens (tertiary/aromatic N) is 2. The molecule has 0 radical (unpaired) electrons. The third-order valence-corrected chi connectivity index (χ3v) is 2.78. The lowest BCUT2D eigenvalue weighted by molar-refractivity contribution is 0.0697. The molecule has 0 atom stereocenters. The minimum Gasteiger partial charge on any atom is -0.477 e. The lowest BCUT2D eigenvalue weighted by Crippen LogP contribution is -2.02. The summed E-state index contributed by atoms with van der Waals surface area (Å²) >= 11 is 5.96. The fourth-order valence-corrected chi connectivity index (χ4v) is 1.70. The number of anilines is 1. The van der Waals surface area contributed by atoms with Crippen molar-refractivity contribution >= 4 is 29.6 Å². The van der Waals surface area contributed by atoms with Crippen LogP contribution in [-0.2, 0) is 0 Å². The Bertz CT molecular complexity index is 636. The van der Waals surface area contributed by atoms with Crippen LogP contribution in [-0.4, -0.2) is 27.5 Å². The van der Waals surface area contributed by atoms with Gasteiger partial charge in [0.25, 0.3) is 0 Å². The number of H-pyrrole nitrogens is 1. The number of hydrazone groups is 1. The van der Waals surface area contributed by atoms with Crippen LogP contribution in [0.1, 0.15) is 21.6 Å². The molecule has 0 saturated heterocycles. The second-order valence-electron chi connectivity index (χ2n) is 3.77. The van der Waals surface area contributed by atoms with Crippen molar-refractivity contribution in [2.24, 2.45) is 5.10 Å². The van der Waals surface area contributed by atoms with Gasteiger partial charge < -0.3 is 5.11 Å². The van der Waals surface area contributed by atoms with Gasteiger partial charge in [-0.15, -0.1) is 0 Å². The summed E-state index contributed by atoms with van der Waals surface area (Å²) in [6, 6.07) is 7.17. The first kappa shape index (κ1) is 13.1. The highest BCUT2D eigenvalue weighted by Gasteiger charge is 2.16. The molecule has 0 amide bonds. The van der Waals surface area contributed by atoms with E-state index < -0.39 is 5.97 Å². The smallest absolute Gasteiger partial charge is 0.341 e. The average Bonchev–Trinajstić information content (AvgIpc) is 2.73. The molecule has 2 rings (SSSR count). The van der Waals surface area contributed by atoms with Gasteiger partial charge in [0, 0.05) is 16.3 Å². The Labute approximate surface area is 114 Å². The van der Waals surface area contributed by atoms with Crippen LogP contribution in [0.25, 0.3) is 0 Å². The largest absolute Gasteiger partial charge is 0.477 e. The average molecular weight is 279 g/mol. The minimum atomic E-state index is -1.07. The summed E-state index contributed by atoms with van der Waals surface area (Å²) in [5.74, 6) is -0.907. The Morgan fingerprint density at radius 2 is 2.26 bits per heavy atom. The van der Waals surface area contributed by atoms with Crippen LogP contribution in [0, 0.1) is 6.92 Å². The van der Waals surface area contributed by atoms with Gasteiger partial charge in [-0.25, -0.2) is 4.79 Å². The van der Waals surface area contributed by atoms with Gasteiger partial charge >= 0.3 is 5.97 Å². The van der Waals surface area contributed by atoms with E-state index >= 15 is 0 Å². The molecule has 1 heterocycles. The Hall–Kier alpha value is -2.34. The lowest BCUT2D eigenvalue weighted by atomic mass is 10.2. The predicted octanol–water partition coefficient (Wildman–Crippen LogP) is 2.52. The van der Waals surface area contributed by atoms with Crippen molar-refractivity contribution < 1.29 is 9.90 Å². The summed E-state index contributed by atoms with van der Waals surface area (Å²) in [5, 5.41) is 19.9. The van der Waals surface area contributed by atoms with E-state index in [1.807, 2.05) is 12.1 Å². The summed E-state index contributed by atoms with van der Waals surface area (Å²) in [4.78, 5) is 11.0. The second kappa shape index (κ2) is 5.53. The summed E-state index contributed by atoms with van der Waals surface area (Å²) in [7, 11) is 0. The van der Waals surface area contributed by atoms with Crippen LogP contribution < -0.4 is 5.43 Å². The van der Waals surface area contributed by atoms with Gasteiger partial charge in [0.15, 0.2) is 5.82 Å². The highest BCUT2D eigenvalue weighted by atomic mass is 35.5. The first-order chi connectivity index (χ1) is 9.09. The number of hydrogen-bond donors (Lipinski definition) is 3. The molecule has 1 aromatic heterocycles. The van der Waals surface area contributed by atoms with Crippen LogP contribution in [0.15, 0.2) is 29.4 Å². The standard InChI is InChI=1S/C12H11ClN4O2/c1-7-10(12(18)19)11(17-15-7)16-14-6-8-4-2-3-5-9(8)13/h2-6H,1H3,(H,18,19)(H2,15,16,17). The third kappa shape index (κ3) is 2.92. The van der Waals surface area contributed by atoms with Gasteiger partial charge in [0.05, 0.1) is 6.21 Å². The molecule has 3 N–H and O–H groups in total. The molecule has 0 aliphatic rings. The first-order valence-electron chi connectivity index (χ1n) is 5.41. The number of carboxylic acid groups (broad SMARTS) is 1. The van der Waals surface area contributed by atoms with E-state index in [4.69, 9.17) is 16.7 Å². The van der Waals surface area contributed by atoms with Gasteiger partial charge in [-0.2, -0.15) is 10.2 Å². The topological polar surface area (TPSA) is 90.4 Å². The molecule has 0 spiro atoms. The molecule has 1 aromatic carbocycles. The van der Waals surface area contributed by atoms with Crippen molar-refractivity contribution in [3.8, 4) is 0 Å². The number of benzene rings is 1. The number of nitrogens with one attached hydrogen (secondary N) is 2. The van der Waals surface area contributed by atoms with Crippen molar-refractivity contribution in [2.45, 2.75) is 6.92 Å². The minimum absolute atomic E-state index is 0.0660. The summed E-state index contributed by atoms with van der Waals surface area (Å²) < 4.78 is 0. The molecule has 6 nitrogen and oxygen atoms in total. The fourth-order valence-electron chi connectivity index (χ4n) is 1.51. The summed E-state index contributed by atoms with van der Waals surface area (Å²) in [5.41, 5.74) is 3.83. The quantitative estimate of drug-likeness (QED) is 0.592. The number of aromatic nitrogens is 2. The Balaban J connectivity index is 2.16. The molecule has 0 unspecified atom stereocenters. The Kier molecular flexibility index (Phi) is 3.82. The highest BCUT2D eigenvalue weighted by Crippen LogP contribution is 2.16. The number of aryl methyl sites for hydroxylation is 1. The number of aromatic amines is 1. The lowest BCUT2D eigenvalue weighted by Gasteiger charge is -1.98. The zero-order valence-corrected chi connectivity index (χ0v) is 10.8. The second-order valence-corrected chi connectivity index (χ2v) is 4.18. The maximum atomic E-state index is 11.0. The van der Waals surface area contributed by atoms with Crippen molar-refractivity contribution in [1.82, 2.24) is 10.2 Å². The van der Waals surface area contributed by atoms with Gasteiger partial charge in [0.2, 0.25) is 0 Å². The maximum absolute atomic E-state index is 11.0. The molecule has 19 heavy (non-hydrogen) atoms. The number of carboxylic acids is 1. The molecule has 0 aliphatic carbocycles. The number of rotatable bonds is 4. The van der Waals surface area contributed by atoms with Crippen molar-refractivity contribution in [3.63, 3.8) is 0 Å².